The SMILES string of the molecule is COc1cc(/C=N\NC(=O)[C@H](C)SCc2ccccc2)cc(Br)c1OCc1ccc(Cl)cc1. The van der Waals surface area contributed by atoms with Crippen LogP contribution in [0.2, 0.25) is 5.02 Å². The highest BCUT2D eigenvalue weighted by atomic mass is 79.9. The number of hydrogen-bond donors (Lipinski definition) is 1. The van der Waals surface area contributed by atoms with Gasteiger partial charge in [-0.15, -0.1) is 11.8 Å². The zero-order valence-corrected chi connectivity index (χ0v) is 21.4. The number of nitrogens with one attached hydrogen (secondary N) is 1. The van der Waals surface area contributed by atoms with Crippen LogP contribution in [0.15, 0.2) is 76.3 Å². The highest BCUT2D eigenvalue weighted by Crippen LogP contribution is 2.37. The fourth-order valence-corrected chi connectivity index (χ4v) is 4.36. The second-order valence-electron chi connectivity index (χ2n) is 7.12. The Labute approximate surface area is 211 Å². The van der Waals surface area contributed by atoms with Crippen molar-refractivity contribution >= 4 is 51.4 Å². The summed E-state index contributed by atoms with van der Waals surface area (Å²) in [6.45, 7) is 2.24. The highest BCUT2D eigenvalue weighted by molar-refractivity contribution is 9.10. The van der Waals surface area contributed by atoms with Crippen LogP contribution in [0.1, 0.15) is 23.6 Å². The summed E-state index contributed by atoms with van der Waals surface area (Å²) in [5, 5.41) is 4.55. The van der Waals surface area contributed by atoms with Crippen molar-refractivity contribution < 1.29 is 14.3 Å². The predicted octanol–water partition coefficient (Wildman–Crippen LogP) is 6.46. The second kappa shape index (κ2) is 12.7. The number of hydrogen-bond acceptors (Lipinski definition) is 5. The first kappa shape index (κ1) is 25.1. The van der Waals surface area contributed by atoms with E-state index in [2.05, 4.69) is 26.5 Å². The quantitative estimate of drug-likeness (QED) is 0.234. The minimum absolute atomic E-state index is 0.152. The van der Waals surface area contributed by atoms with Gasteiger partial charge in [-0.2, -0.15) is 5.10 Å². The minimum atomic E-state index is -0.229. The molecule has 0 heterocycles. The van der Waals surface area contributed by atoms with Gasteiger partial charge in [0.2, 0.25) is 0 Å². The van der Waals surface area contributed by atoms with E-state index in [0.717, 1.165) is 21.4 Å². The van der Waals surface area contributed by atoms with Gasteiger partial charge >= 0.3 is 0 Å². The summed E-state index contributed by atoms with van der Waals surface area (Å²) in [4.78, 5) is 12.3. The monoisotopic (exact) mass is 546 g/mol. The first-order chi connectivity index (χ1) is 16.0. The van der Waals surface area contributed by atoms with Crippen molar-refractivity contribution in [3.8, 4) is 11.5 Å². The van der Waals surface area contributed by atoms with Crippen LogP contribution in [-0.2, 0) is 17.2 Å². The van der Waals surface area contributed by atoms with Crippen LogP contribution < -0.4 is 14.9 Å². The minimum Gasteiger partial charge on any atom is -0.493 e. The number of hydrazone groups is 1. The van der Waals surface area contributed by atoms with E-state index < -0.39 is 0 Å². The lowest BCUT2D eigenvalue weighted by molar-refractivity contribution is -0.120. The van der Waals surface area contributed by atoms with Crippen molar-refractivity contribution in [3.63, 3.8) is 0 Å². The van der Waals surface area contributed by atoms with Crippen LogP contribution in [0.25, 0.3) is 0 Å². The fraction of sp³-hybridized carbons (Fsp3) is 0.200. The Morgan fingerprint density at radius 1 is 1.15 bits per heavy atom. The average Bonchev–Trinajstić information content (AvgIpc) is 2.83. The molecule has 0 spiro atoms. The number of ether oxygens (including phenoxy) is 2. The lowest BCUT2D eigenvalue weighted by atomic mass is 10.2. The molecule has 33 heavy (non-hydrogen) atoms. The summed E-state index contributed by atoms with van der Waals surface area (Å²) in [5.41, 5.74) is 5.52. The third kappa shape index (κ3) is 7.81. The van der Waals surface area contributed by atoms with Crippen molar-refractivity contribution in [2.45, 2.75) is 24.5 Å². The van der Waals surface area contributed by atoms with Gasteiger partial charge in [-0.25, -0.2) is 5.43 Å². The normalized spacial score (nSPS) is 11.9. The number of methoxy groups -OCH3 is 1. The molecule has 0 saturated carbocycles. The molecule has 1 amide bonds. The number of nitrogens with zero attached hydrogens (tertiary/aromatic N) is 1. The largest absolute Gasteiger partial charge is 0.493 e. The molecule has 3 aromatic rings. The van der Waals surface area contributed by atoms with Gasteiger partial charge in [-0.05, 0) is 63.8 Å². The molecule has 1 atom stereocenters. The predicted molar refractivity (Wildman–Crippen MR) is 139 cm³/mol. The molecule has 1 N–H and O–H groups in total. The number of amides is 1. The molecule has 0 aliphatic heterocycles. The molecule has 0 aliphatic carbocycles. The summed E-state index contributed by atoms with van der Waals surface area (Å²) < 4.78 is 12.1. The van der Waals surface area contributed by atoms with Crippen LogP contribution in [-0.4, -0.2) is 24.5 Å². The molecular weight excluding hydrogens is 524 g/mol. The first-order valence-electron chi connectivity index (χ1n) is 10.2. The summed E-state index contributed by atoms with van der Waals surface area (Å²) in [5.74, 6) is 1.75. The van der Waals surface area contributed by atoms with Gasteiger partial charge in [-0.3, -0.25) is 4.79 Å². The molecule has 5 nitrogen and oxygen atoms in total. The van der Waals surface area contributed by atoms with Crippen molar-refractivity contribution in [3.05, 3.63) is 92.9 Å². The molecule has 0 unspecified atom stereocenters. The van der Waals surface area contributed by atoms with Crippen LogP contribution in [0, 0.1) is 0 Å². The summed E-state index contributed by atoms with van der Waals surface area (Å²) in [6, 6.07) is 21.2. The number of thioether (sulfide) groups is 1. The van der Waals surface area contributed by atoms with Gasteiger partial charge in [0.1, 0.15) is 6.61 Å². The van der Waals surface area contributed by atoms with Gasteiger partial charge in [0.15, 0.2) is 11.5 Å². The molecule has 3 aromatic carbocycles. The third-order valence-corrected chi connectivity index (χ3v) is 6.70. The van der Waals surface area contributed by atoms with Crippen LogP contribution in [0.4, 0.5) is 0 Å². The molecule has 172 valence electrons. The Balaban J connectivity index is 1.56. The lowest BCUT2D eigenvalue weighted by Crippen LogP contribution is -2.27. The number of benzene rings is 3. The maximum Gasteiger partial charge on any atom is 0.252 e. The molecule has 3 rings (SSSR count). The van der Waals surface area contributed by atoms with Crippen molar-refractivity contribution in [1.29, 1.82) is 0 Å². The standard InChI is InChI=1S/C25H24BrClN2O3S/c1-17(33-16-19-6-4-3-5-7-19)25(30)29-28-14-20-12-22(26)24(23(13-20)31-2)32-15-18-8-10-21(27)11-9-18/h3-14,17H,15-16H2,1-2H3,(H,29,30)/b28-14-/t17-/m0/s1. The number of rotatable bonds is 10. The molecule has 8 heteroatoms. The van der Waals surface area contributed by atoms with E-state index in [1.807, 2.05) is 67.6 Å². The van der Waals surface area contributed by atoms with Gasteiger partial charge in [-0.1, -0.05) is 54.1 Å². The molecule has 0 bridgehead atoms. The molecular formula is C25H24BrClN2O3S. The van der Waals surface area contributed by atoms with Gasteiger partial charge in [0.25, 0.3) is 5.91 Å². The van der Waals surface area contributed by atoms with E-state index in [-0.39, 0.29) is 11.2 Å². The lowest BCUT2D eigenvalue weighted by Gasteiger charge is -2.13. The first-order valence-corrected chi connectivity index (χ1v) is 12.4. The summed E-state index contributed by atoms with van der Waals surface area (Å²) in [6.07, 6.45) is 1.57. The van der Waals surface area contributed by atoms with E-state index in [4.69, 9.17) is 21.1 Å². The Kier molecular flexibility index (Phi) is 9.66. The summed E-state index contributed by atoms with van der Waals surface area (Å²) in [7, 11) is 1.57. The molecule has 0 aromatic heterocycles. The van der Waals surface area contributed by atoms with E-state index in [9.17, 15) is 4.79 Å². The Bertz CT molecular complexity index is 1090. The smallest absolute Gasteiger partial charge is 0.252 e. The van der Waals surface area contributed by atoms with Crippen molar-refractivity contribution in [2.24, 2.45) is 5.10 Å². The number of halogens is 2. The molecule has 0 radical (unpaired) electrons. The van der Waals surface area contributed by atoms with E-state index in [1.165, 1.54) is 5.56 Å². The van der Waals surface area contributed by atoms with Crippen molar-refractivity contribution in [2.75, 3.05) is 7.11 Å². The van der Waals surface area contributed by atoms with Crippen LogP contribution in [0.5, 0.6) is 11.5 Å². The molecule has 0 saturated heterocycles. The second-order valence-corrected chi connectivity index (χ2v) is 9.74. The summed E-state index contributed by atoms with van der Waals surface area (Å²) >= 11 is 11.0. The number of carbonyl (C=O) groups excluding carboxylic acids is 1. The molecule has 0 aliphatic rings. The maximum atomic E-state index is 12.3. The van der Waals surface area contributed by atoms with Crippen LogP contribution >= 0.6 is 39.3 Å². The zero-order chi connectivity index (χ0) is 23.6. The van der Waals surface area contributed by atoms with Gasteiger partial charge in [0, 0.05) is 10.8 Å². The van der Waals surface area contributed by atoms with Crippen LogP contribution in [0.3, 0.4) is 0 Å². The van der Waals surface area contributed by atoms with E-state index in [0.29, 0.717) is 23.1 Å². The topological polar surface area (TPSA) is 59.9 Å². The van der Waals surface area contributed by atoms with Gasteiger partial charge in [0.05, 0.1) is 23.0 Å². The van der Waals surface area contributed by atoms with E-state index >= 15 is 0 Å². The Morgan fingerprint density at radius 3 is 2.58 bits per heavy atom. The van der Waals surface area contributed by atoms with Crippen molar-refractivity contribution in [1.82, 2.24) is 5.43 Å². The zero-order valence-electron chi connectivity index (χ0n) is 18.3. The highest BCUT2D eigenvalue weighted by Gasteiger charge is 2.14. The average molecular weight is 548 g/mol. The third-order valence-electron chi connectivity index (χ3n) is 4.65. The van der Waals surface area contributed by atoms with E-state index in [1.54, 1.807) is 31.2 Å². The number of carbonyl (C=O) groups is 1. The Morgan fingerprint density at radius 2 is 1.88 bits per heavy atom. The maximum absolute atomic E-state index is 12.3. The Hall–Kier alpha value is -2.48. The fourth-order valence-electron chi connectivity index (χ4n) is 2.82. The van der Waals surface area contributed by atoms with Gasteiger partial charge < -0.3 is 9.47 Å². The molecule has 0 fully saturated rings.